The molecule has 156 valence electrons. The molecule has 0 aromatic heterocycles. The van der Waals surface area contributed by atoms with Crippen molar-refractivity contribution in [2.75, 3.05) is 19.6 Å². The molecule has 1 saturated carbocycles. The van der Waals surface area contributed by atoms with E-state index in [2.05, 4.69) is 4.90 Å². The highest BCUT2D eigenvalue weighted by Crippen LogP contribution is 2.37. The van der Waals surface area contributed by atoms with Gasteiger partial charge < -0.3 is 4.90 Å². The number of hydrogen-bond acceptors (Lipinski definition) is 4. The summed E-state index contributed by atoms with van der Waals surface area (Å²) in [4.78, 5) is 15.6. The zero-order chi connectivity index (χ0) is 20.4. The van der Waals surface area contributed by atoms with Gasteiger partial charge in [0.15, 0.2) is 0 Å². The first-order valence-electron chi connectivity index (χ1n) is 10.8. The van der Waals surface area contributed by atoms with E-state index in [1.54, 1.807) is 0 Å². The summed E-state index contributed by atoms with van der Waals surface area (Å²) in [6, 6.07) is 8.44. The lowest BCUT2D eigenvalue weighted by Crippen LogP contribution is -2.53. The maximum Gasteiger partial charge on any atom is 0.243 e. The molecule has 1 amide bonds. The van der Waals surface area contributed by atoms with Gasteiger partial charge in [0.2, 0.25) is 15.9 Å². The first-order chi connectivity index (χ1) is 14.0. The van der Waals surface area contributed by atoms with E-state index in [1.165, 1.54) is 54.3 Å². The highest BCUT2D eigenvalue weighted by atomic mass is 32.2. The minimum absolute atomic E-state index is 0.0666. The van der Waals surface area contributed by atoms with Crippen molar-refractivity contribution in [2.45, 2.75) is 62.3 Å². The number of piperidine rings is 2. The van der Waals surface area contributed by atoms with Crippen LogP contribution in [0.15, 0.2) is 29.2 Å². The Kier molecular flexibility index (Phi) is 5.93. The zero-order valence-corrected chi connectivity index (χ0v) is 17.6. The lowest BCUT2D eigenvalue weighted by molar-refractivity contribution is -0.143. The summed E-state index contributed by atoms with van der Waals surface area (Å²) < 4.78 is 27.3. The van der Waals surface area contributed by atoms with Gasteiger partial charge in [-0.05, 0) is 68.7 Å². The number of likely N-dealkylation sites (tertiary alicyclic amines) is 1. The second-order valence-corrected chi connectivity index (χ2v) is 10.5. The number of carbonyl (C=O) groups excluding carboxylic acids is 1. The van der Waals surface area contributed by atoms with E-state index in [0.717, 1.165) is 19.4 Å². The van der Waals surface area contributed by atoms with Gasteiger partial charge in [-0.2, -0.15) is 9.57 Å². The Hall–Kier alpha value is -1.91. The molecule has 0 spiro atoms. The van der Waals surface area contributed by atoms with Gasteiger partial charge in [0.1, 0.15) is 0 Å². The SMILES string of the molecule is N#Cc1ccc(S(=O)(=O)N2CCC(C(=O)N3CCC[C@H]4CCCC[C@@H]43)CC2)cc1. The number of fused-ring (bicyclic) bond motifs is 1. The first-order valence-corrected chi connectivity index (χ1v) is 12.3. The highest BCUT2D eigenvalue weighted by Gasteiger charge is 2.39. The number of hydrogen-bond donors (Lipinski definition) is 0. The smallest absolute Gasteiger partial charge is 0.243 e. The van der Waals surface area contributed by atoms with Crippen LogP contribution in [-0.4, -0.2) is 49.2 Å². The van der Waals surface area contributed by atoms with Gasteiger partial charge in [-0.15, -0.1) is 0 Å². The van der Waals surface area contributed by atoms with Crippen molar-refractivity contribution < 1.29 is 13.2 Å². The molecule has 2 saturated heterocycles. The van der Waals surface area contributed by atoms with E-state index in [1.807, 2.05) is 6.07 Å². The minimum Gasteiger partial charge on any atom is -0.339 e. The highest BCUT2D eigenvalue weighted by molar-refractivity contribution is 7.89. The Morgan fingerprint density at radius 2 is 1.59 bits per heavy atom. The normalized spacial score (nSPS) is 26.5. The lowest BCUT2D eigenvalue weighted by atomic mass is 9.77. The van der Waals surface area contributed by atoms with E-state index >= 15 is 0 Å². The topological polar surface area (TPSA) is 81.5 Å². The number of amides is 1. The molecule has 4 rings (SSSR count). The standard InChI is InChI=1S/C22H29N3O3S/c23-16-17-7-9-20(10-8-17)29(27,28)24-14-11-19(12-15-24)22(26)25-13-3-5-18-4-1-2-6-21(18)25/h7-10,18-19,21H,1-6,11-15H2/t18-,21+/m1/s1. The Morgan fingerprint density at radius 3 is 2.28 bits per heavy atom. The second kappa shape index (κ2) is 8.45. The van der Waals surface area contributed by atoms with Crippen LogP contribution in [0, 0.1) is 23.2 Å². The zero-order valence-electron chi connectivity index (χ0n) is 16.8. The van der Waals surface area contributed by atoms with Crippen molar-refractivity contribution in [1.82, 2.24) is 9.21 Å². The summed E-state index contributed by atoms with van der Waals surface area (Å²) in [6.07, 6.45) is 8.39. The van der Waals surface area contributed by atoms with E-state index < -0.39 is 10.0 Å². The van der Waals surface area contributed by atoms with Crippen molar-refractivity contribution >= 4 is 15.9 Å². The van der Waals surface area contributed by atoms with Crippen LogP contribution in [0.4, 0.5) is 0 Å². The monoisotopic (exact) mass is 415 g/mol. The average Bonchev–Trinajstić information content (AvgIpc) is 2.78. The third kappa shape index (κ3) is 4.06. The Morgan fingerprint density at radius 1 is 0.931 bits per heavy atom. The molecule has 7 heteroatoms. The molecule has 2 heterocycles. The van der Waals surface area contributed by atoms with Gasteiger partial charge >= 0.3 is 0 Å². The van der Waals surface area contributed by atoms with E-state index in [0.29, 0.717) is 43.5 Å². The predicted molar refractivity (Wildman–Crippen MR) is 109 cm³/mol. The molecule has 1 aromatic carbocycles. The molecule has 1 aromatic rings. The molecule has 3 fully saturated rings. The van der Waals surface area contributed by atoms with Gasteiger partial charge in [-0.3, -0.25) is 4.79 Å². The maximum atomic E-state index is 13.2. The van der Waals surface area contributed by atoms with Gasteiger partial charge in [0.05, 0.1) is 16.5 Å². The summed E-state index contributed by atoms with van der Waals surface area (Å²) in [5, 5.41) is 8.90. The summed E-state index contributed by atoms with van der Waals surface area (Å²) in [5.41, 5.74) is 0.441. The summed E-state index contributed by atoms with van der Waals surface area (Å²) in [7, 11) is -3.58. The fourth-order valence-electron chi connectivity index (χ4n) is 5.33. The number of sulfonamides is 1. The Labute approximate surface area is 173 Å². The lowest BCUT2D eigenvalue weighted by Gasteiger charge is -2.46. The molecule has 0 bridgehead atoms. The van der Waals surface area contributed by atoms with Crippen molar-refractivity contribution in [3.05, 3.63) is 29.8 Å². The van der Waals surface area contributed by atoms with Crippen LogP contribution in [0.25, 0.3) is 0 Å². The Bertz CT molecular complexity index is 881. The molecule has 0 N–H and O–H groups in total. The molecule has 3 aliphatic rings. The van der Waals surface area contributed by atoms with Gasteiger partial charge in [0.25, 0.3) is 0 Å². The van der Waals surface area contributed by atoms with Crippen LogP contribution in [0.1, 0.15) is 56.9 Å². The van der Waals surface area contributed by atoms with Gasteiger partial charge in [-0.1, -0.05) is 12.8 Å². The molecule has 2 atom stereocenters. The van der Waals surface area contributed by atoms with Gasteiger partial charge in [-0.25, -0.2) is 8.42 Å². The van der Waals surface area contributed by atoms with Crippen molar-refractivity contribution in [3.8, 4) is 6.07 Å². The van der Waals surface area contributed by atoms with E-state index in [9.17, 15) is 13.2 Å². The van der Waals surface area contributed by atoms with Crippen LogP contribution in [0.2, 0.25) is 0 Å². The Balaban J connectivity index is 1.39. The van der Waals surface area contributed by atoms with E-state index in [-0.39, 0.29) is 16.7 Å². The van der Waals surface area contributed by atoms with Crippen molar-refractivity contribution in [3.63, 3.8) is 0 Å². The molecular formula is C22H29N3O3S. The molecule has 0 radical (unpaired) electrons. The minimum atomic E-state index is -3.58. The molecule has 2 aliphatic heterocycles. The summed E-state index contributed by atoms with van der Waals surface area (Å²) in [6.45, 7) is 1.62. The maximum absolute atomic E-state index is 13.2. The number of rotatable bonds is 3. The van der Waals surface area contributed by atoms with Crippen LogP contribution in [0.5, 0.6) is 0 Å². The quantitative estimate of drug-likeness (QED) is 0.759. The third-order valence-corrected chi connectivity index (χ3v) is 8.86. The number of carbonyl (C=O) groups is 1. The first kappa shape index (κ1) is 20.4. The fraction of sp³-hybridized carbons (Fsp3) is 0.636. The van der Waals surface area contributed by atoms with Crippen LogP contribution >= 0.6 is 0 Å². The molecular weight excluding hydrogens is 386 g/mol. The molecule has 29 heavy (non-hydrogen) atoms. The fourth-order valence-corrected chi connectivity index (χ4v) is 6.80. The van der Waals surface area contributed by atoms with Crippen molar-refractivity contribution in [1.29, 1.82) is 5.26 Å². The van der Waals surface area contributed by atoms with Crippen LogP contribution < -0.4 is 0 Å². The number of benzene rings is 1. The molecule has 6 nitrogen and oxygen atoms in total. The summed E-state index contributed by atoms with van der Waals surface area (Å²) in [5.74, 6) is 0.846. The van der Waals surface area contributed by atoms with Crippen molar-refractivity contribution in [2.24, 2.45) is 11.8 Å². The number of nitriles is 1. The van der Waals surface area contributed by atoms with Crippen LogP contribution in [-0.2, 0) is 14.8 Å². The largest absolute Gasteiger partial charge is 0.339 e. The van der Waals surface area contributed by atoms with Gasteiger partial charge in [0, 0.05) is 31.6 Å². The van der Waals surface area contributed by atoms with E-state index in [4.69, 9.17) is 5.26 Å². The predicted octanol–water partition coefficient (Wildman–Crippen LogP) is 3.14. The third-order valence-electron chi connectivity index (χ3n) is 6.95. The number of nitrogens with zero attached hydrogens (tertiary/aromatic N) is 3. The molecule has 1 aliphatic carbocycles. The second-order valence-electron chi connectivity index (χ2n) is 8.60. The average molecular weight is 416 g/mol. The molecule has 0 unspecified atom stereocenters. The summed E-state index contributed by atoms with van der Waals surface area (Å²) >= 11 is 0. The van der Waals surface area contributed by atoms with Crippen LogP contribution in [0.3, 0.4) is 0 Å².